The topological polar surface area (TPSA) is 8.17 Å². The normalized spacial score (nSPS) is 13.9. The van der Waals surface area contributed by atoms with E-state index in [2.05, 4.69) is 264 Å². The number of benzene rings is 10. The van der Waals surface area contributed by atoms with Gasteiger partial charge < -0.3 is 9.47 Å². The van der Waals surface area contributed by atoms with E-state index in [1.54, 1.807) is 0 Å². The van der Waals surface area contributed by atoms with Gasteiger partial charge in [0.1, 0.15) is 5.54 Å². The molecular formula is C62H42N2. The molecule has 0 saturated heterocycles. The zero-order valence-electron chi connectivity index (χ0n) is 35.1. The molecule has 0 amide bonds. The van der Waals surface area contributed by atoms with Gasteiger partial charge in [-0.1, -0.05) is 218 Å². The highest BCUT2D eigenvalue weighted by molar-refractivity contribution is 6.17. The minimum atomic E-state index is -0.649. The van der Waals surface area contributed by atoms with E-state index in [9.17, 15) is 0 Å². The second-order valence-electron chi connectivity index (χ2n) is 17.1. The van der Waals surface area contributed by atoms with Gasteiger partial charge in [-0.15, -0.1) is 0 Å². The summed E-state index contributed by atoms with van der Waals surface area (Å²) in [6.07, 6.45) is 0. The lowest BCUT2D eigenvalue weighted by Gasteiger charge is -2.36. The molecule has 13 rings (SSSR count). The Balaban J connectivity index is 1.16. The van der Waals surface area contributed by atoms with E-state index in [1.165, 1.54) is 83.0 Å². The first-order chi connectivity index (χ1) is 31.8. The molecule has 1 heterocycles. The number of aromatic nitrogens is 1. The number of rotatable bonds is 7. The molecule has 0 unspecified atom stereocenters. The largest absolute Gasteiger partial charge is 0.322 e. The summed E-state index contributed by atoms with van der Waals surface area (Å²) in [5.74, 6) is 0. The molecule has 11 aromatic rings. The highest BCUT2D eigenvalue weighted by atomic mass is 15.2. The Bertz CT molecular complexity index is 3470. The SMILES string of the molecule is c1ccc(N(c2cccc3c2-c2ccccc2C3(c2ccccc2)c2ccccc2)c2cccc3c2c2ccccc2n3C2(c3ccccc3)c3ccccc3-c3ccccc32)cc1. The molecule has 0 aliphatic heterocycles. The van der Waals surface area contributed by atoms with Gasteiger partial charge in [-0.3, -0.25) is 0 Å². The number of fused-ring (bicyclic) bond motifs is 9. The van der Waals surface area contributed by atoms with Crippen LogP contribution in [0.15, 0.2) is 255 Å². The molecule has 300 valence electrons. The quantitative estimate of drug-likeness (QED) is 0.156. The van der Waals surface area contributed by atoms with Gasteiger partial charge in [0.15, 0.2) is 0 Å². The molecule has 2 nitrogen and oxygen atoms in total. The van der Waals surface area contributed by atoms with Gasteiger partial charge in [0.05, 0.1) is 27.8 Å². The Morgan fingerprint density at radius 2 is 0.766 bits per heavy atom. The van der Waals surface area contributed by atoms with E-state index in [0.29, 0.717) is 0 Å². The van der Waals surface area contributed by atoms with Gasteiger partial charge >= 0.3 is 0 Å². The second kappa shape index (κ2) is 14.2. The minimum Gasteiger partial charge on any atom is -0.322 e. The van der Waals surface area contributed by atoms with Crippen molar-refractivity contribution in [2.45, 2.75) is 11.0 Å². The van der Waals surface area contributed by atoms with Crippen LogP contribution in [0.25, 0.3) is 44.1 Å². The lowest BCUT2D eigenvalue weighted by atomic mass is 9.68. The maximum atomic E-state index is 2.66. The van der Waals surface area contributed by atoms with Crippen molar-refractivity contribution < 1.29 is 0 Å². The average Bonchev–Trinajstić information content (AvgIpc) is 3.99. The van der Waals surface area contributed by atoms with E-state index < -0.39 is 11.0 Å². The molecule has 0 spiro atoms. The molecule has 2 aliphatic carbocycles. The Morgan fingerprint density at radius 3 is 1.41 bits per heavy atom. The summed E-state index contributed by atoms with van der Waals surface area (Å²) in [4.78, 5) is 2.53. The van der Waals surface area contributed by atoms with Crippen LogP contribution in [0.2, 0.25) is 0 Å². The first kappa shape index (κ1) is 36.5. The van der Waals surface area contributed by atoms with Crippen molar-refractivity contribution in [1.82, 2.24) is 4.57 Å². The predicted molar refractivity (Wildman–Crippen MR) is 265 cm³/mol. The van der Waals surface area contributed by atoms with Crippen molar-refractivity contribution >= 4 is 38.9 Å². The molecule has 1 aromatic heterocycles. The summed E-state index contributed by atoms with van der Waals surface area (Å²) in [5, 5.41) is 2.42. The van der Waals surface area contributed by atoms with Gasteiger partial charge in [0.2, 0.25) is 0 Å². The number of hydrogen-bond donors (Lipinski definition) is 0. The molecule has 64 heavy (non-hydrogen) atoms. The molecule has 0 atom stereocenters. The van der Waals surface area contributed by atoms with E-state index in [0.717, 1.165) is 17.1 Å². The first-order valence-electron chi connectivity index (χ1n) is 22.3. The van der Waals surface area contributed by atoms with Crippen LogP contribution < -0.4 is 4.90 Å². The monoisotopic (exact) mass is 814 g/mol. The van der Waals surface area contributed by atoms with Gasteiger partial charge in [-0.25, -0.2) is 0 Å². The van der Waals surface area contributed by atoms with E-state index in [1.807, 2.05) is 0 Å². The maximum Gasteiger partial charge on any atom is 0.122 e. The lowest BCUT2D eigenvalue weighted by Crippen LogP contribution is -2.35. The van der Waals surface area contributed by atoms with Gasteiger partial charge in [-0.05, 0) is 92.0 Å². The summed E-state index contributed by atoms with van der Waals surface area (Å²) in [5.41, 5.74) is 18.5. The average molecular weight is 815 g/mol. The molecule has 0 fully saturated rings. The van der Waals surface area contributed by atoms with Crippen LogP contribution in [-0.4, -0.2) is 4.57 Å². The Labute approximate surface area is 373 Å². The van der Waals surface area contributed by atoms with Crippen LogP contribution >= 0.6 is 0 Å². The zero-order chi connectivity index (χ0) is 42.2. The Hall–Kier alpha value is -8.20. The van der Waals surface area contributed by atoms with Gasteiger partial charge in [0, 0.05) is 22.0 Å². The highest BCUT2D eigenvalue weighted by Gasteiger charge is 2.49. The molecule has 0 saturated carbocycles. The highest BCUT2D eigenvalue weighted by Crippen LogP contribution is 2.61. The number of hydrogen-bond acceptors (Lipinski definition) is 1. The third kappa shape index (κ3) is 4.85. The predicted octanol–water partition coefficient (Wildman–Crippen LogP) is 15.4. The molecular weight excluding hydrogens is 773 g/mol. The molecule has 0 N–H and O–H groups in total. The van der Waals surface area contributed by atoms with Gasteiger partial charge in [-0.2, -0.15) is 0 Å². The van der Waals surface area contributed by atoms with Crippen molar-refractivity contribution in [3.63, 3.8) is 0 Å². The van der Waals surface area contributed by atoms with Crippen molar-refractivity contribution in [1.29, 1.82) is 0 Å². The van der Waals surface area contributed by atoms with Crippen LogP contribution in [-0.2, 0) is 11.0 Å². The Morgan fingerprint density at radius 1 is 0.312 bits per heavy atom. The summed E-state index contributed by atoms with van der Waals surface area (Å²) in [6, 6.07) is 94.4. The van der Waals surface area contributed by atoms with Crippen LogP contribution in [0.1, 0.15) is 38.9 Å². The van der Waals surface area contributed by atoms with Gasteiger partial charge in [0.25, 0.3) is 0 Å². The van der Waals surface area contributed by atoms with Crippen LogP contribution in [0.4, 0.5) is 17.1 Å². The van der Waals surface area contributed by atoms with E-state index in [-0.39, 0.29) is 0 Å². The summed E-state index contributed by atoms with van der Waals surface area (Å²) in [6.45, 7) is 0. The Kier molecular flexibility index (Phi) is 8.07. The van der Waals surface area contributed by atoms with E-state index in [4.69, 9.17) is 0 Å². The molecule has 0 bridgehead atoms. The molecule has 0 radical (unpaired) electrons. The number of anilines is 3. The summed E-state index contributed by atoms with van der Waals surface area (Å²) in [7, 11) is 0. The van der Waals surface area contributed by atoms with E-state index >= 15 is 0 Å². The van der Waals surface area contributed by atoms with Crippen molar-refractivity contribution in [3.8, 4) is 22.3 Å². The van der Waals surface area contributed by atoms with Crippen molar-refractivity contribution in [2.24, 2.45) is 0 Å². The summed E-state index contributed by atoms with van der Waals surface area (Å²) >= 11 is 0. The molecule has 2 aliphatic rings. The third-order valence-corrected chi connectivity index (χ3v) is 14.1. The standard InChI is InChI=1S/C62H42N2/c1-5-23-43(24-6-1)61(44-25-7-2-8-26-44)51-35-17-15-33-49(51)59-54(61)38-21-40-56(59)63(46-29-11-4-12-30-46)57-41-22-42-58-60(57)50-34-16-20-39-55(50)64(58)62(45-27-9-3-10-28-45)52-36-18-13-31-47(52)48-32-14-19-37-53(48)62/h1-42H. The second-order valence-corrected chi connectivity index (χ2v) is 17.1. The smallest absolute Gasteiger partial charge is 0.122 e. The van der Waals surface area contributed by atoms with Crippen LogP contribution in [0, 0.1) is 0 Å². The first-order valence-corrected chi connectivity index (χ1v) is 22.3. The minimum absolute atomic E-state index is 0.528. The van der Waals surface area contributed by atoms with Crippen molar-refractivity contribution in [3.05, 3.63) is 294 Å². The third-order valence-electron chi connectivity index (χ3n) is 14.1. The fraction of sp³-hybridized carbons (Fsp3) is 0.0323. The lowest BCUT2D eigenvalue weighted by molar-refractivity contribution is 0.564. The summed E-state index contributed by atoms with van der Waals surface area (Å²) < 4.78 is 2.66. The zero-order valence-corrected chi connectivity index (χ0v) is 35.1. The fourth-order valence-electron chi connectivity index (χ4n) is 11.8. The fourth-order valence-corrected chi connectivity index (χ4v) is 11.8. The maximum absolute atomic E-state index is 2.66. The van der Waals surface area contributed by atoms with Crippen molar-refractivity contribution in [2.75, 3.05) is 4.90 Å². The number of nitrogens with zero attached hydrogens (tertiary/aromatic N) is 2. The molecule has 10 aromatic carbocycles. The van der Waals surface area contributed by atoms with Crippen LogP contribution in [0.3, 0.4) is 0 Å². The number of para-hydroxylation sites is 2. The molecule has 2 heteroatoms. The van der Waals surface area contributed by atoms with Crippen LogP contribution in [0.5, 0.6) is 0 Å².